The molecule has 12 nitrogen and oxygen atoms in total. The van der Waals surface area contributed by atoms with Crippen LogP contribution in [0.3, 0.4) is 0 Å². The number of nitrogens with one attached hydrogen (secondary N) is 3. The van der Waals surface area contributed by atoms with Crippen molar-refractivity contribution in [1.82, 2.24) is 25.4 Å². The number of aromatic hydroxyl groups is 1. The first-order chi connectivity index (χ1) is 27.2. The molecule has 4 heterocycles. The summed E-state index contributed by atoms with van der Waals surface area (Å²) in [6, 6.07) is 30.3. The highest BCUT2D eigenvalue weighted by atomic mass is 16.5. The van der Waals surface area contributed by atoms with Crippen LogP contribution in [0.5, 0.6) is 11.5 Å². The van der Waals surface area contributed by atoms with Gasteiger partial charge in [-0.15, -0.1) is 0 Å². The topological polar surface area (TPSA) is 167 Å². The van der Waals surface area contributed by atoms with Crippen molar-refractivity contribution in [3.05, 3.63) is 141 Å². The summed E-state index contributed by atoms with van der Waals surface area (Å²) in [7, 11) is 0. The van der Waals surface area contributed by atoms with Crippen LogP contribution in [0.1, 0.15) is 70.4 Å². The number of phenols is 1. The highest BCUT2D eigenvalue weighted by Crippen LogP contribution is 2.39. The van der Waals surface area contributed by atoms with E-state index < -0.39 is 18.2 Å². The van der Waals surface area contributed by atoms with Crippen LogP contribution in [0.4, 0.5) is 4.79 Å². The second-order valence-electron chi connectivity index (χ2n) is 14.7. The lowest BCUT2D eigenvalue weighted by molar-refractivity contribution is -0.000814. The number of H-pyrrole nitrogens is 1. The summed E-state index contributed by atoms with van der Waals surface area (Å²) in [5.41, 5.74) is 3.69. The minimum atomic E-state index is -0.924. The van der Waals surface area contributed by atoms with Crippen molar-refractivity contribution in [3.8, 4) is 11.5 Å². The zero-order valence-electron chi connectivity index (χ0n) is 31.3. The van der Waals surface area contributed by atoms with Crippen LogP contribution < -0.4 is 20.9 Å². The SMILES string of the molecule is O=C(NCCCCNC[C@@H](O)c1ccc(O)c2[nH]c(=O)ccc12)c1cccc(COc2cccc(C(c3ccccc3)N(C(=O)O)[C@H]3CN4CCC3CC4)c2)c1. The Morgan fingerprint density at radius 3 is 2.43 bits per heavy atom. The third kappa shape index (κ3) is 9.05. The van der Waals surface area contributed by atoms with E-state index in [1.54, 1.807) is 23.1 Å². The first-order valence-corrected chi connectivity index (χ1v) is 19.4. The number of carbonyl (C=O) groups excluding carboxylic acids is 1. The first kappa shape index (κ1) is 38.6. The Labute approximate surface area is 325 Å². The molecule has 3 saturated heterocycles. The van der Waals surface area contributed by atoms with Crippen molar-refractivity contribution in [3.63, 3.8) is 0 Å². The minimum absolute atomic E-state index is 0.0517. The molecule has 12 heteroatoms. The third-order valence-corrected chi connectivity index (χ3v) is 11.0. The van der Waals surface area contributed by atoms with Crippen molar-refractivity contribution < 1.29 is 29.6 Å². The number of benzene rings is 4. The normalized spacial score (nSPS) is 18.6. The largest absolute Gasteiger partial charge is 0.506 e. The predicted octanol–water partition coefficient (Wildman–Crippen LogP) is 5.81. The maximum absolute atomic E-state index is 13.0. The number of aromatic nitrogens is 1. The van der Waals surface area contributed by atoms with E-state index in [0.29, 0.717) is 53.3 Å². The quantitative estimate of drug-likeness (QED) is 0.0681. The van der Waals surface area contributed by atoms with Crippen LogP contribution in [0.15, 0.2) is 108 Å². The Bertz CT molecular complexity index is 2190. The number of aliphatic hydroxyl groups excluding tert-OH is 1. The van der Waals surface area contributed by atoms with Gasteiger partial charge in [0.1, 0.15) is 18.1 Å². The molecule has 6 N–H and O–H groups in total. The molecule has 8 rings (SSSR count). The van der Waals surface area contributed by atoms with Crippen LogP contribution >= 0.6 is 0 Å². The maximum atomic E-state index is 13.0. The molecule has 2 bridgehead atoms. The molecule has 2 amide bonds. The van der Waals surface area contributed by atoms with Gasteiger partial charge in [0.25, 0.3) is 5.91 Å². The van der Waals surface area contributed by atoms with Crippen LogP contribution in [0.2, 0.25) is 0 Å². The fourth-order valence-corrected chi connectivity index (χ4v) is 8.16. The van der Waals surface area contributed by atoms with Gasteiger partial charge in [-0.25, -0.2) is 4.79 Å². The molecular weight excluding hydrogens is 711 g/mol. The highest BCUT2D eigenvalue weighted by Gasteiger charge is 2.43. The Balaban J connectivity index is 0.905. The number of aliphatic hydroxyl groups is 1. The van der Waals surface area contributed by atoms with Crippen molar-refractivity contribution in [2.45, 2.75) is 50.5 Å². The van der Waals surface area contributed by atoms with Crippen LogP contribution in [-0.2, 0) is 6.61 Å². The van der Waals surface area contributed by atoms with Gasteiger partial charge in [0.2, 0.25) is 5.56 Å². The number of ether oxygens (including phenoxy) is 1. The molecule has 0 saturated carbocycles. The van der Waals surface area contributed by atoms with Crippen LogP contribution in [0, 0.1) is 5.92 Å². The molecule has 56 heavy (non-hydrogen) atoms. The number of rotatable bonds is 16. The van der Waals surface area contributed by atoms with Gasteiger partial charge >= 0.3 is 6.09 Å². The maximum Gasteiger partial charge on any atom is 0.408 e. The Morgan fingerprint density at radius 2 is 1.66 bits per heavy atom. The summed E-state index contributed by atoms with van der Waals surface area (Å²) < 4.78 is 6.24. The van der Waals surface area contributed by atoms with Crippen LogP contribution in [-0.4, -0.2) is 87.4 Å². The van der Waals surface area contributed by atoms with Crippen molar-refractivity contribution in [1.29, 1.82) is 0 Å². The van der Waals surface area contributed by atoms with Gasteiger partial charge < -0.3 is 40.6 Å². The van der Waals surface area contributed by atoms with E-state index in [1.807, 2.05) is 72.8 Å². The number of amides is 2. The van der Waals surface area contributed by atoms with E-state index >= 15 is 0 Å². The van der Waals surface area contributed by atoms with Gasteiger partial charge in [-0.1, -0.05) is 60.7 Å². The number of pyridine rings is 1. The van der Waals surface area contributed by atoms with E-state index in [0.717, 1.165) is 62.0 Å². The van der Waals surface area contributed by atoms with Crippen molar-refractivity contribution in [2.24, 2.45) is 5.92 Å². The number of hydrogen-bond donors (Lipinski definition) is 6. The second-order valence-corrected chi connectivity index (χ2v) is 14.7. The van der Waals surface area contributed by atoms with E-state index in [4.69, 9.17) is 4.74 Å². The van der Waals surface area contributed by atoms with E-state index in [2.05, 4.69) is 20.5 Å². The average Bonchev–Trinajstić information content (AvgIpc) is 3.22. The summed E-state index contributed by atoms with van der Waals surface area (Å²) >= 11 is 0. The number of carbonyl (C=O) groups is 2. The fraction of sp³-hybridized carbons (Fsp3) is 0.341. The molecule has 0 aliphatic carbocycles. The average molecular weight is 760 g/mol. The van der Waals surface area contributed by atoms with Crippen LogP contribution in [0.25, 0.3) is 10.9 Å². The van der Waals surface area contributed by atoms with Crippen molar-refractivity contribution >= 4 is 22.9 Å². The number of phenolic OH excluding ortho intramolecular Hbond substituents is 1. The second kappa shape index (κ2) is 17.8. The van der Waals surface area contributed by atoms with Crippen molar-refractivity contribution in [2.75, 3.05) is 39.3 Å². The van der Waals surface area contributed by atoms with E-state index in [1.165, 1.54) is 12.1 Å². The molecule has 292 valence electrons. The summed E-state index contributed by atoms with van der Waals surface area (Å²) in [5.74, 6) is 0.724. The zero-order chi connectivity index (χ0) is 39.0. The molecule has 0 spiro atoms. The third-order valence-electron chi connectivity index (χ3n) is 11.0. The van der Waals surface area contributed by atoms with Gasteiger partial charge in [-0.3, -0.25) is 14.5 Å². The lowest BCUT2D eigenvalue weighted by atomic mass is 9.81. The Hall–Kier alpha value is -5.69. The molecule has 3 aliphatic rings. The number of aromatic amines is 1. The molecule has 4 aromatic carbocycles. The molecule has 0 radical (unpaired) electrons. The fourth-order valence-electron chi connectivity index (χ4n) is 8.16. The molecule has 3 atom stereocenters. The van der Waals surface area contributed by atoms with Gasteiger partial charge in [0.05, 0.1) is 23.7 Å². The molecule has 3 fully saturated rings. The number of piperidine rings is 3. The van der Waals surface area contributed by atoms with Gasteiger partial charge in [-0.05, 0) is 110 Å². The first-order valence-electron chi connectivity index (χ1n) is 19.4. The van der Waals surface area contributed by atoms with Gasteiger partial charge in [-0.2, -0.15) is 0 Å². The summed E-state index contributed by atoms with van der Waals surface area (Å²) in [4.78, 5) is 44.4. The standard InChI is InChI=1S/C44H49N5O7/c50-38-16-14-35(36-15-17-40(52)47-41(36)38)39(51)26-45-20-4-5-21-46-43(53)33-12-6-8-29(24-33)28-56-34-13-7-11-32(25-34)42(31-9-2-1-3-10-31)49(44(54)55)37-27-48-22-18-30(37)19-23-48/h1-3,6-17,24-25,30,37,39,42,45,50-51H,4-5,18-23,26-28H2,(H,46,53)(H,47,52)(H,54,55)/t37-,39+,42?/m0/s1. The summed E-state index contributed by atoms with van der Waals surface area (Å²) in [5, 5.41) is 38.3. The number of fused-ring (bicyclic) bond motifs is 4. The molecular formula is C44H49N5O7. The molecule has 5 aromatic rings. The zero-order valence-corrected chi connectivity index (χ0v) is 31.3. The Morgan fingerprint density at radius 1 is 0.893 bits per heavy atom. The number of hydrogen-bond acceptors (Lipinski definition) is 8. The monoisotopic (exact) mass is 759 g/mol. The number of carboxylic acid groups (broad SMARTS) is 1. The molecule has 3 aliphatic heterocycles. The molecule has 1 aromatic heterocycles. The smallest absolute Gasteiger partial charge is 0.408 e. The highest BCUT2D eigenvalue weighted by molar-refractivity contribution is 5.94. The summed E-state index contributed by atoms with van der Waals surface area (Å²) in [6.45, 7) is 4.44. The van der Waals surface area contributed by atoms with Gasteiger partial charge in [0.15, 0.2) is 0 Å². The lowest BCUT2D eigenvalue weighted by Crippen LogP contribution is -2.59. The number of nitrogens with zero attached hydrogens (tertiary/aromatic N) is 2. The lowest BCUT2D eigenvalue weighted by Gasteiger charge is -2.50. The summed E-state index contributed by atoms with van der Waals surface area (Å²) in [6.07, 6.45) is 1.77. The molecule has 1 unspecified atom stereocenters. The van der Waals surface area contributed by atoms with E-state index in [-0.39, 0.29) is 29.9 Å². The number of unbranched alkanes of at least 4 members (excludes halogenated alkanes) is 1. The van der Waals surface area contributed by atoms with E-state index in [9.17, 15) is 29.7 Å². The predicted molar refractivity (Wildman–Crippen MR) is 214 cm³/mol. The van der Waals surface area contributed by atoms with Gasteiger partial charge in [0, 0.05) is 36.7 Å². The Kier molecular flexibility index (Phi) is 12.3. The minimum Gasteiger partial charge on any atom is -0.506 e.